The van der Waals surface area contributed by atoms with E-state index in [0.29, 0.717) is 0 Å². The average Bonchev–Trinajstić information content (AvgIpc) is 2.05. The molecule has 0 fully saturated rings. The van der Waals surface area contributed by atoms with Crippen LogP contribution in [0, 0.1) is 0 Å². The van der Waals surface area contributed by atoms with Gasteiger partial charge in [0.05, 0.1) is 0 Å². The molecule has 0 aliphatic rings. The minimum atomic E-state index is -4.38. The number of aliphatic hydroxyl groups is 2. The highest BCUT2D eigenvalue weighted by Crippen LogP contribution is 2.45. The molecule has 13 heavy (non-hydrogen) atoms. The lowest BCUT2D eigenvalue weighted by molar-refractivity contribution is 0.0107. The van der Waals surface area contributed by atoms with Crippen molar-refractivity contribution < 1.29 is 24.2 Å². The molecule has 1 unspecified atom stereocenters. The highest BCUT2D eigenvalue weighted by molar-refractivity contribution is 7.53. The summed E-state index contributed by atoms with van der Waals surface area (Å²) in [5, 5.41) is 16.9. The standard InChI is InChI=1S/C7H9O5P/c8-7(9)13(10,11)12-6-4-2-1-3-5-6/h1-5,7-9H,(H,10,11). The maximum absolute atomic E-state index is 10.9. The van der Waals surface area contributed by atoms with Crippen LogP contribution in [0.2, 0.25) is 0 Å². The molecule has 1 aromatic carbocycles. The lowest BCUT2D eigenvalue weighted by atomic mass is 10.3. The van der Waals surface area contributed by atoms with Gasteiger partial charge < -0.3 is 19.6 Å². The molecular formula is C7H9O5P. The zero-order valence-electron chi connectivity index (χ0n) is 6.57. The Morgan fingerprint density at radius 1 is 1.23 bits per heavy atom. The van der Waals surface area contributed by atoms with Crippen molar-refractivity contribution in [1.29, 1.82) is 0 Å². The summed E-state index contributed by atoms with van der Waals surface area (Å²) in [6.07, 6.45) is 0. The molecule has 1 rings (SSSR count). The van der Waals surface area contributed by atoms with Crippen molar-refractivity contribution in [3.8, 4) is 5.75 Å². The molecule has 0 aliphatic heterocycles. The van der Waals surface area contributed by atoms with E-state index in [0.717, 1.165) is 0 Å². The third-order valence-electron chi connectivity index (χ3n) is 1.27. The Balaban J connectivity index is 2.76. The molecule has 6 heteroatoms. The molecule has 0 radical (unpaired) electrons. The van der Waals surface area contributed by atoms with Gasteiger partial charge >= 0.3 is 7.60 Å². The molecule has 3 N–H and O–H groups in total. The molecule has 0 bridgehead atoms. The van der Waals surface area contributed by atoms with Gasteiger partial charge in [-0.05, 0) is 12.1 Å². The first-order chi connectivity index (χ1) is 6.02. The summed E-state index contributed by atoms with van der Waals surface area (Å²) < 4.78 is 15.4. The van der Waals surface area contributed by atoms with Crippen LogP contribution in [-0.2, 0) is 4.57 Å². The number of hydrogen-bond donors (Lipinski definition) is 3. The summed E-state index contributed by atoms with van der Waals surface area (Å²) in [5.41, 5.74) is 0. The van der Waals surface area contributed by atoms with Gasteiger partial charge in [-0.1, -0.05) is 18.2 Å². The van der Waals surface area contributed by atoms with Gasteiger partial charge in [0.15, 0.2) is 0 Å². The van der Waals surface area contributed by atoms with Crippen LogP contribution in [-0.4, -0.2) is 21.1 Å². The van der Waals surface area contributed by atoms with Gasteiger partial charge in [0.2, 0.25) is 0 Å². The van der Waals surface area contributed by atoms with Crippen LogP contribution in [0.3, 0.4) is 0 Å². The van der Waals surface area contributed by atoms with E-state index in [1.165, 1.54) is 12.1 Å². The molecule has 1 aromatic rings. The third kappa shape index (κ3) is 2.82. The molecule has 0 aliphatic carbocycles. The van der Waals surface area contributed by atoms with Gasteiger partial charge in [-0.3, -0.25) is 0 Å². The summed E-state index contributed by atoms with van der Waals surface area (Å²) in [4.78, 5) is 8.88. The van der Waals surface area contributed by atoms with E-state index in [4.69, 9.17) is 15.1 Å². The summed E-state index contributed by atoms with van der Waals surface area (Å²) in [7, 11) is -4.38. The lowest BCUT2D eigenvalue weighted by Gasteiger charge is -2.13. The minimum Gasteiger partial charge on any atom is -0.421 e. The number of rotatable bonds is 3. The molecule has 0 saturated heterocycles. The molecule has 0 spiro atoms. The first kappa shape index (κ1) is 10.2. The Labute approximate surface area is 74.8 Å². The Bertz CT molecular complexity index is 310. The lowest BCUT2D eigenvalue weighted by Crippen LogP contribution is -2.09. The van der Waals surface area contributed by atoms with Crippen LogP contribution >= 0.6 is 7.60 Å². The van der Waals surface area contributed by atoms with Crippen molar-refractivity contribution in [2.75, 3.05) is 0 Å². The normalized spacial score (nSPS) is 15.4. The van der Waals surface area contributed by atoms with Crippen molar-refractivity contribution >= 4 is 7.60 Å². The molecular weight excluding hydrogens is 195 g/mol. The second-order valence-corrected chi connectivity index (χ2v) is 4.09. The highest BCUT2D eigenvalue weighted by Gasteiger charge is 2.30. The van der Waals surface area contributed by atoms with E-state index in [-0.39, 0.29) is 5.75 Å². The zero-order chi connectivity index (χ0) is 9.90. The number of aliphatic hydroxyl groups excluding tert-OH is 1. The van der Waals surface area contributed by atoms with Crippen LogP contribution in [0.25, 0.3) is 0 Å². The van der Waals surface area contributed by atoms with Gasteiger partial charge in [0.25, 0.3) is 6.03 Å². The van der Waals surface area contributed by atoms with Crippen molar-refractivity contribution in [3.63, 3.8) is 0 Å². The smallest absolute Gasteiger partial charge is 0.421 e. The first-order valence-electron chi connectivity index (χ1n) is 3.45. The summed E-state index contributed by atoms with van der Waals surface area (Å²) in [6.45, 7) is 0. The molecule has 0 saturated carbocycles. The molecule has 0 heterocycles. The second kappa shape index (κ2) is 3.89. The monoisotopic (exact) mass is 204 g/mol. The van der Waals surface area contributed by atoms with Gasteiger partial charge in [0.1, 0.15) is 5.75 Å². The Morgan fingerprint density at radius 3 is 2.23 bits per heavy atom. The predicted molar refractivity (Wildman–Crippen MR) is 45.1 cm³/mol. The van der Waals surface area contributed by atoms with E-state index in [2.05, 4.69) is 4.52 Å². The SMILES string of the molecule is O=P(O)(Oc1ccccc1)C(O)O. The molecule has 5 nitrogen and oxygen atoms in total. The van der Waals surface area contributed by atoms with Gasteiger partial charge in [-0.15, -0.1) is 0 Å². The van der Waals surface area contributed by atoms with E-state index >= 15 is 0 Å². The first-order valence-corrected chi connectivity index (χ1v) is 5.10. The largest absolute Gasteiger partial charge is 0.432 e. The fraction of sp³-hybridized carbons (Fsp3) is 0.143. The fourth-order valence-electron chi connectivity index (χ4n) is 0.680. The van der Waals surface area contributed by atoms with Crippen LogP contribution in [0.4, 0.5) is 0 Å². The van der Waals surface area contributed by atoms with Crippen molar-refractivity contribution in [2.24, 2.45) is 0 Å². The minimum absolute atomic E-state index is 0.112. The average molecular weight is 204 g/mol. The van der Waals surface area contributed by atoms with E-state index in [1.54, 1.807) is 18.2 Å². The van der Waals surface area contributed by atoms with Crippen molar-refractivity contribution in [1.82, 2.24) is 0 Å². The molecule has 1 atom stereocenters. The summed E-state index contributed by atoms with van der Waals surface area (Å²) in [6, 6.07) is 5.38. The number of hydrogen-bond acceptors (Lipinski definition) is 4. The van der Waals surface area contributed by atoms with Crippen molar-refractivity contribution in [3.05, 3.63) is 30.3 Å². The Morgan fingerprint density at radius 2 is 1.77 bits per heavy atom. The van der Waals surface area contributed by atoms with Crippen molar-refractivity contribution in [2.45, 2.75) is 6.03 Å². The maximum atomic E-state index is 10.9. The Hall–Kier alpha value is -0.870. The molecule has 72 valence electrons. The van der Waals surface area contributed by atoms with Crippen LogP contribution in [0.5, 0.6) is 5.75 Å². The predicted octanol–water partition coefficient (Wildman–Crippen LogP) is 0.519. The van der Waals surface area contributed by atoms with E-state index in [9.17, 15) is 4.57 Å². The van der Waals surface area contributed by atoms with Gasteiger partial charge in [-0.2, -0.15) is 0 Å². The van der Waals surface area contributed by atoms with Crippen LogP contribution in [0.1, 0.15) is 0 Å². The summed E-state index contributed by atoms with van der Waals surface area (Å²) >= 11 is 0. The Kier molecular flexibility index (Phi) is 3.06. The number of benzene rings is 1. The number of para-hydroxylation sites is 1. The quantitative estimate of drug-likeness (QED) is 0.493. The van der Waals surface area contributed by atoms with Crippen LogP contribution < -0.4 is 4.52 Å². The fourth-order valence-corrected chi connectivity index (χ4v) is 1.20. The maximum Gasteiger partial charge on any atom is 0.432 e. The second-order valence-electron chi connectivity index (χ2n) is 2.31. The van der Waals surface area contributed by atoms with Crippen LogP contribution in [0.15, 0.2) is 30.3 Å². The van der Waals surface area contributed by atoms with Gasteiger partial charge in [-0.25, -0.2) is 4.57 Å². The highest BCUT2D eigenvalue weighted by atomic mass is 31.2. The topological polar surface area (TPSA) is 87.0 Å². The third-order valence-corrected chi connectivity index (χ3v) is 2.33. The van der Waals surface area contributed by atoms with E-state index < -0.39 is 13.6 Å². The molecule has 0 amide bonds. The van der Waals surface area contributed by atoms with Gasteiger partial charge in [0, 0.05) is 0 Å². The summed E-state index contributed by atoms with van der Waals surface area (Å²) in [5.74, 6) is 0.112. The molecule has 0 aromatic heterocycles. The zero-order valence-corrected chi connectivity index (χ0v) is 7.46. The van der Waals surface area contributed by atoms with E-state index in [1.807, 2.05) is 0 Å².